The molecule has 2 aromatic rings. The lowest BCUT2D eigenvalue weighted by Crippen LogP contribution is -2.33. The van der Waals surface area contributed by atoms with Gasteiger partial charge in [-0.1, -0.05) is 11.6 Å². The highest BCUT2D eigenvalue weighted by atomic mass is 35.5. The summed E-state index contributed by atoms with van der Waals surface area (Å²) in [4.78, 5) is 7.66. The van der Waals surface area contributed by atoms with E-state index in [4.69, 9.17) is 11.6 Å². The second-order valence-corrected chi connectivity index (χ2v) is 4.05. The first-order valence-corrected chi connectivity index (χ1v) is 5.47. The Bertz CT molecular complexity index is 594. The van der Waals surface area contributed by atoms with E-state index in [1.165, 1.54) is 12.3 Å². The lowest BCUT2D eigenvalue weighted by molar-refractivity contribution is -0.148. The first-order valence-electron chi connectivity index (χ1n) is 5.09. The summed E-state index contributed by atoms with van der Waals surface area (Å²) in [7, 11) is 0. The van der Waals surface area contributed by atoms with Gasteiger partial charge >= 0.3 is 12.3 Å². The fourth-order valence-electron chi connectivity index (χ4n) is 1.33. The fourth-order valence-corrected chi connectivity index (χ4v) is 1.54. The Balaban J connectivity index is 2.19. The third-order valence-electron chi connectivity index (χ3n) is 2.28. The summed E-state index contributed by atoms with van der Waals surface area (Å²) < 4.78 is 53.9. The van der Waals surface area contributed by atoms with Crippen LogP contribution in [0, 0.1) is 0 Å². The van der Waals surface area contributed by atoms with E-state index in [2.05, 4.69) is 14.7 Å². The SMILES string of the molecule is FC(F)C(F)(F)COc1cnc2c(Cl)nccc2c1. The molecule has 0 saturated heterocycles. The Morgan fingerprint density at radius 2 is 2.05 bits per heavy atom. The minimum atomic E-state index is -4.20. The first-order chi connectivity index (χ1) is 8.90. The molecular formula is C11H7ClF4N2O. The van der Waals surface area contributed by atoms with Gasteiger partial charge in [0.15, 0.2) is 11.8 Å². The number of alkyl halides is 4. The van der Waals surface area contributed by atoms with E-state index >= 15 is 0 Å². The van der Waals surface area contributed by atoms with Gasteiger partial charge in [-0.15, -0.1) is 0 Å². The van der Waals surface area contributed by atoms with Crippen LogP contribution >= 0.6 is 11.6 Å². The highest BCUT2D eigenvalue weighted by Gasteiger charge is 2.41. The van der Waals surface area contributed by atoms with Crippen molar-refractivity contribution in [2.45, 2.75) is 12.3 Å². The molecule has 8 heteroatoms. The molecule has 2 heterocycles. The van der Waals surface area contributed by atoms with Gasteiger partial charge in [-0.2, -0.15) is 8.78 Å². The highest BCUT2D eigenvalue weighted by molar-refractivity contribution is 6.33. The Kier molecular flexibility index (Phi) is 3.75. The van der Waals surface area contributed by atoms with Crippen LogP contribution < -0.4 is 4.74 Å². The molecular weight excluding hydrogens is 288 g/mol. The number of ether oxygens (including phenoxy) is 1. The van der Waals surface area contributed by atoms with Gasteiger partial charge < -0.3 is 4.74 Å². The average molecular weight is 295 g/mol. The van der Waals surface area contributed by atoms with E-state index in [0.29, 0.717) is 10.9 Å². The quantitative estimate of drug-likeness (QED) is 0.639. The van der Waals surface area contributed by atoms with Crippen LogP contribution in [-0.2, 0) is 0 Å². The molecule has 0 atom stereocenters. The van der Waals surface area contributed by atoms with Gasteiger partial charge in [-0.3, -0.25) is 0 Å². The maximum Gasteiger partial charge on any atom is 0.340 e. The molecule has 0 bridgehead atoms. The molecule has 0 amide bonds. The van der Waals surface area contributed by atoms with Crippen LogP contribution in [0.25, 0.3) is 10.9 Å². The third kappa shape index (κ3) is 3.04. The Labute approximate surface area is 110 Å². The second-order valence-electron chi connectivity index (χ2n) is 3.69. The largest absolute Gasteiger partial charge is 0.485 e. The van der Waals surface area contributed by atoms with Crippen LogP contribution in [0.3, 0.4) is 0 Å². The van der Waals surface area contributed by atoms with E-state index < -0.39 is 19.0 Å². The summed E-state index contributed by atoms with van der Waals surface area (Å²) in [6.07, 6.45) is -1.25. The maximum absolute atomic E-state index is 12.7. The summed E-state index contributed by atoms with van der Waals surface area (Å²) in [5, 5.41) is 0.667. The lowest BCUT2D eigenvalue weighted by atomic mass is 10.2. The van der Waals surface area contributed by atoms with Crippen molar-refractivity contribution in [1.29, 1.82) is 0 Å². The Morgan fingerprint density at radius 3 is 2.74 bits per heavy atom. The predicted octanol–water partition coefficient (Wildman–Crippen LogP) is 3.56. The zero-order valence-corrected chi connectivity index (χ0v) is 10.0. The van der Waals surface area contributed by atoms with Crippen molar-refractivity contribution in [3.05, 3.63) is 29.7 Å². The lowest BCUT2D eigenvalue weighted by Gasteiger charge is -2.15. The summed E-state index contributed by atoms with van der Waals surface area (Å²) >= 11 is 5.77. The molecule has 0 fully saturated rings. The fraction of sp³-hybridized carbons (Fsp3) is 0.273. The number of hydrogen-bond acceptors (Lipinski definition) is 3. The minimum Gasteiger partial charge on any atom is -0.485 e. The van der Waals surface area contributed by atoms with E-state index in [-0.39, 0.29) is 10.9 Å². The molecule has 3 nitrogen and oxygen atoms in total. The summed E-state index contributed by atoms with van der Waals surface area (Å²) in [5.74, 6) is -4.25. The molecule has 0 saturated carbocycles. The Hall–Kier alpha value is -1.63. The normalized spacial score (nSPS) is 12.1. The minimum absolute atomic E-state index is 0.0462. The Morgan fingerprint density at radius 1 is 1.32 bits per heavy atom. The standard InChI is InChI=1S/C11H7ClF4N2O/c12-9-8-6(1-2-17-9)3-7(4-18-8)19-5-11(15,16)10(13)14/h1-4,10H,5H2. The van der Waals surface area contributed by atoms with Gasteiger partial charge in [0, 0.05) is 11.6 Å². The topological polar surface area (TPSA) is 35.0 Å². The summed E-state index contributed by atoms with van der Waals surface area (Å²) in [6.45, 7) is -1.42. The van der Waals surface area contributed by atoms with Crippen molar-refractivity contribution in [2.75, 3.05) is 6.61 Å². The number of rotatable bonds is 4. The van der Waals surface area contributed by atoms with E-state index in [9.17, 15) is 17.6 Å². The average Bonchev–Trinajstić information content (AvgIpc) is 2.36. The number of fused-ring (bicyclic) bond motifs is 1. The van der Waals surface area contributed by atoms with Crippen molar-refractivity contribution in [2.24, 2.45) is 0 Å². The number of hydrogen-bond donors (Lipinski definition) is 0. The van der Waals surface area contributed by atoms with E-state index in [1.807, 2.05) is 0 Å². The van der Waals surface area contributed by atoms with Crippen molar-refractivity contribution >= 4 is 22.5 Å². The third-order valence-corrected chi connectivity index (χ3v) is 2.56. The molecule has 0 N–H and O–H groups in total. The molecule has 102 valence electrons. The molecule has 0 radical (unpaired) electrons. The van der Waals surface area contributed by atoms with Crippen molar-refractivity contribution in [3.8, 4) is 5.75 Å². The molecule has 0 aliphatic carbocycles. The second kappa shape index (κ2) is 5.16. The van der Waals surface area contributed by atoms with Crippen molar-refractivity contribution < 1.29 is 22.3 Å². The molecule has 0 aliphatic rings. The highest BCUT2D eigenvalue weighted by Crippen LogP contribution is 2.26. The molecule has 2 rings (SSSR count). The van der Waals surface area contributed by atoms with Gasteiger partial charge in [0.1, 0.15) is 11.3 Å². The zero-order valence-electron chi connectivity index (χ0n) is 9.29. The molecule has 0 aliphatic heterocycles. The van der Waals surface area contributed by atoms with Crippen molar-refractivity contribution in [1.82, 2.24) is 9.97 Å². The molecule has 19 heavy (non-hydrogen) atoms. The number of halogens is 5. The number of nitrogens with zero attached hydrogens (tertiary/aromatic N) is 2. The van der Waals surface area contributed by atoms with Crippen molar-refractivity contribution in [3.63, 3.8) is 0 Å². The van der Waals surface area contributed by atoms with Crippen LogP contribution in [0.4, 0.5) is 17.6 Å². The smallest absolute Gasteiger partial charge is 0.340 e. The van der Waals surface area contributed by atoms with Gasteiger partial charge in [-0.25, -0.2) is 18.7 Å². The molecule has 0 unspecified atom stereocenters. The molecule has 0 aromatic carbocycles. The van der Waals surface area contributed by atoms with Gasteiger partial charge in [-0.05, 0) is 12.1 Å². The monoisotopic (exact) mass is 294 g/mol. The van der Waals surface area contributed by atoms with Gasteiger partial charge in [0.05, 0.1) is 6.20 Å². The first kappa shape index (κ1) is 13.8. The summed E-state index contributed by atoms with van der Waals surface area (Å²) in [6, 6.07) is 2.92. The number of aromatic nitrogens is 2. The predicted molar refractivity (Wildman–Crippen MR) is 61.0 cm³/mol. The van der Waals surface area contributed by atoms with Crippen LogP contribution in [0.5, 0.6) is 5.75 Å². The number of pyridine rings is 2. The van der Waals surface area contributed by atoms with Crippen LogP contribution in [0.2, 0.25) is 5.15 Å². The van der Waals surface area contributed by atoms with Gasteiger partial charge in [0.2, 0.25) is 0 Å². The van der Waals surface area contributed by atoms with Gasteiger partial charge in [0.25, 0.3) is 0 Å². The van der Waals surface area contributed by atoms with Crippen LogP contribution in [0.15, 0.2) is 24.5 Å². The maximum atomic E-state index is 12.7. The van der Waals surface area contributed by atoms with E-state index in [1.54, 1.807) is 6.07 Å². The van der Waals surface area contributed by atoms with Crippen LogP contribution in [0.1, 0.15) is 0 Å². The van der Waals surface area contributed by atoms with E-state index in [0.717, 1.165) is 6.20 Å². The zero-order chi connectivity index (χ0) is 14.0. The van der Waals surface area contributed by atoms with Crippen LogP contribution in [-0.4, -0.2) is 28.9 Å². The molecule has 0 spiro atoms. The summed E-state index contributed by atoms with van der Waals surface area (Å²) in [5.41, 5.74) is 0.372. The molecule has 2 aromatic heterocycles.